The van der Waals surface area contributed by atoms with Gasteiger partial charge in [-0.3, -0.25) is 9.69 Å². The molecule has 0 radical (unpaired) electrons. The van der Waals surface area contributed by atoms with Crippen LogP contribution >= 0.6 is 27.5 Å². The molecule has 1 aromatic rings. The molecular weight excluding hydrogens is 328 g/mol. The van der Waals surface area contributed by atoms with Gasteiger partial charge in [0, 0.05) is 34.7 Å². The Morgan fingerprint density at radius 2 is 2.05 bits per heavy atom. The molecule has 0 aromatic heterocycles. The minimum Gasteiger partial charge on any atom is -0.335 e. The molecule has 3 nitrogen and oxygen atoms in total. The van der Waals surface area contributed by atoms with Crippen LogP contribution in [0.15, 0.2) is 22.7 Å². The average Bonchev–Trinajstić information content (AvgIpc) is 2.32. The lowest BCUT2D eigenvalue weighted by molar-refractivity contribution is 0.0311. The molecule has 1 saturated heterocycles. The summed E-state index contributed by atoms with van der Waals surface area (Å²) in [7, 11) is 2.10. The fourth-order valence-electron chi connectivity index (χ4n) is 2.25. The van der Waals surface area contributed by atoms with E-state index < -0.39 is 0 Å². The second kappa shape index (κ2) is 5.43. The highest BCUT2D eigenvalue weighted by atomic mass is 79.9. The van der Waals surface area contributed by atoms with Crippen molar-refractivity contribution in [2.75, 3.05) is 26.7 Å². The molecule has 0 atom stereocenters. The number of likely N-dealkylation sites (N-methyl/N-ethyl adjacent to an activating group) is 1. The number of piperazine rings is 1. The molecule has 0 unspecified atom stereocenters. The predicted molar refractivity (Wildman–Crippen MR) is 81.8 cm³/mol. The SMILES string of the molecule is CN1CCN(C(=O)c2ccc(Cl)cc2Br)CC1(C)C. The number of carbonyl (C=O) groups excluding carboxylic acids is 1. The van der Waals surface area contributed by atoms with Crippen LogP contribution < -0.4 is 0 Å². The van der Waals surface area contributed by atoms with E-state index in [1.165, 1.54) is 0 Å². The summed E-state index contributed by atoms with van der Waals surface area (Å²) in [5, 5.41) is 0.627. The van der Waals surface area contributed by atoms with Crippen LogP contribution in [-0.2, 0) is 0 Å². The van der Waals surface area contributed by atoms with Gasteiger partial charge in [0.15, 0.2) is 0 Å². The Balaban J connectivity index is 2.21. The van der Waals surface area contributed by atoms with Gasteiger partial charge in [-0.2, -0.15) is 0 Å². The zero-order valence-electron chi connectivity index (χ0n) is 11.4. The lowest BCUT2D eigenvalue weighted by atomic mass is 9.99. The summed E-state index contributed by atoms with van der Waals surface area (Å²) in [6, 6.07) is 5.29. The maximum atomic E-state index is 12.6. The van der Waals surface area contributed by atoms with Crippen LogP contribution in [0.1, 0.15) is 24.2 Å². The Hall–Kier alpha value is -0.580. The Morgan fingerprint density at radius 1 is 1.37 bits per heavy atom. The highest BCUT2D eigenvalue weighted by Gasteiger charge is 2.33. The number of rotatable bonds is 1. The molecule has 2 rings (SSSR count). The van der Waals surface area contributed by atoms with E-state index in [1.54, 1.807) is 18.2 Å². The second-order valence-corrected chi connectivity index (χ2v) is 6.88. The van der Waals surface area contributed by atoms with Gasteiger partial charge in [0.1, 0.15) is 0 Å². The van der Waals surface area contributed by atoms with Gasteiger partial charge in [0.2, 0.25) is 0 Å². The van der Waals surface area contributed by atoms with Crippen molar-refractivity contribution in [1.29, 1.82) is 0 Å². The minimum atomic E-state index is 0.00676. The van der Waals surface area contributed by atoms with Crippen molar-refractivity contribution in [3.8, 4) is 0 Å². The third-order valence-corrected chi connectivity index (χ3v) is 4.66. The number of amides is 1. The van der Waals surface area contributed by atoms with Crippen LogP contribution in [0, 0.1) is 0 Å². The van der Waals surface area contributed by atoms with Crippen LogP contribution in [0.5, 0.6) is 0 Å². The van der Waals surface area contributed by atoms with E-state index in [9.17, 15) is 4.79 Å². The van der Waals surface area contributed by atoms with Gasteiger partial charge in [-0.05, 0) is 55.0 Å². The molecule has 1 aliphatic rings. The molecule has 1 aliphatic heterocycles. The van der Waals surface area contributed by atoms with E-state index in [4.69, 9.17) is 11.6 Å². The molecule has 0 N–H and O–H groups in total. The standard InChI is InChI=1S/C14H18BrClN2O/c1-14(2)9-18(7-6-17(14)3)13(19)11-5-4-10(16)8-12(11)15/h4-5,8H,6-7,9H2,1-3H3. The zero-order chi connectivity index (χ0) is 14.2. The quantitative estimate of drug-likeness (QED) is 0.780. The van der Waals surface area contributed by atoms with E-state index in [-0.39, 0.29) is 11.4 Å². The number of benzene rings is 1. The lowest BCUT2D eigenvalue weighted by Crippen LogP contribution is -2.58. The molecule has 1 amide bonds. The molecule has 1 fully saturated rings. The van der Waals surface area contributed by atoms with Crippen LogP contribution in [0.3, 0.4) is 0 Å². The third kappa shape index (κ3) is 3.12. The second-order valence-electron chi connectivity index (χ2n) is 5.58. The van der Waals surface area contributed by atoms with Gasteiger partial charge in [0.05, 0.1) is 5.56 Å². The van der Waals surface area contributed by atoms with Crippen LogP contribution in [-0.4, -0.2) is 47.9 Å². The summed E-state index contributed by atoms with van der Waals surface area (Å²) in [4.78, 5) is 16.8. The molecule has 0 spiro atoms. The van der Waals surface area contributed by atoms with Gasteiger partial charge in [0.25, 0.3) is 5.91 Å². The Morgan fingerprint density at radius 3 is 2.63 bits per heavy atom. The fraction of sp³-hybridized carbons (Fsp3) is 0.500. The molecule has 1 heterocycles. The van der Waals surface area contributed by atoms with E-state index in [2.05, 4.69) is 41.7 Å². The minimum absolute atomic E-state index is 0.00676. The van der Waals surface area contributed by atoms with Crippen LogP contribution in [0.4, 0.5) is 0 Å². The highest BCUT2D eigenvalue weighted by Crippen LogP contribution is 2.25. The summed E-state index contributed by atoms with van der Waals surface area (Å²) in [5.74, 6) is 0.0599. The topological polar surface area (TPSA) is 23.6 Å². The van der Waals surface area contributed by atoms with Crippen molar-refractivity contribution in [3.63, 3.8) is 0 Å². The first-order chi connectivity index (χ1) is 8.81. The zero-order valence-corrected chi connectivity index (χ0v) is 13.8. The van der Waals surface area contributed by atoms with Gasteiger partial charge >= 0.3 is 0 Å². The number of hydrogen-bond acceptors (Lipinski definition) is 2. The van der Waals surface area contributed by atoms with Crippen molar-refractivity contribution in [1.82, 2.24) is 9.80 Å². The highest BCUT2D eigenvalue weighted by molar-refractivity contribution is 9.10. The van der Waals surface area contributed by atoms with Crippen LogP contribution in [0.25, 0.3) is 0 Å². The molecule has 1 aromatic carbocycles. The molecule has 104 valence electrons. The molecule has 19 heavy (non-hydrogen) atoms. The average molecular weight is 346 g/mol. The van der Waals surface area contributed by atoms with E-state index in [0.29, 0.717) is 10.6 Å². The first kappa shape index (κ1) is 14.8. The fourth-order valence-corrected chi connectivity index (χ4v) is 3.10. The van der Waals surface area contributed by atoms with Crippen molar-refractivity contribution >= 4 is 33.4 Å². The smallest absolute Gasteiger partial charge is 0.255 e. The summed E-state index contributed by atoms with van der Waals surface area (Å²) in [5.41, 5.74) is 0.678. The summed E-state index contributed by atoms with van der Waals surface area (Å²) in [6.45, 7) is 6.70. The predicted octanol–water partition coefficient (Wildman–Crippen LogP) is 3.27. The largest absolute Gasteiger partial charge is 0.335 e. The molecule has 0 saturated carbocycles. The Labute approximate surface area is 127 Å². The normalized spacial score (nSPS) is 19.5. The maximum absolute atomic E-state index is 12.6. The van der Waals surface area contributed by atoms with E-state index in [0.717, 1.165) is 24.1 Å². The monoisotopic (exact) mass is 344 g/mol. The Kier molecular flexibility index (Phi) is 4.23. The Bertz CT molecular complexity index is 504. The molecule has 0 bridgehead atoms. The lowest BCUT2D eigenvalue weighted by Gasteiger charge is -2.45. The van der Waals surface area contributed by atoms with Crippen molar-refractivity contribution in [2.24, 2.45) is 0 Å². The van der Waals surface area contributed by atoms with E-state index in [1.807, 2.05) is 4.90 Å². The number of halogens is 2. The maximum Gasteiger partial charge on any atom is 0.255 e. The van der Waals surface area contributed by atoms with Crippen LogP contribution in [0.2, 0.25) is 5.02 Å². The first-order valence-electron chi connectivity index (χ1n) is 6.27. The van der Waals surface area contributed by atoms with Crippen molar-refractivity contribution in [3.05, 3.63) is 33.3 Å². The van der Waals surface area contributed by atoms with Gasteiger partial charge in [-0.15, -0.1) is 0 Å². The summed E-state index contributed by atoms with van der Waals surface area (Å²) < 4.78 is 0.752. The summed E-state index contributed by atoms with van der Waals surface area (Å²) in [6.07, 6.45) is 0. The number of hydrogen-bond donors (Lipinski definition) is 0. The van der Waals surface area contributed by atoms with Crippen molar-refractivity contribution in [2.45, 2.75) is 19.4 Å². The van der Waals surface area contributed by atoms with Gasteiger partial charge in [-0.1, -0.05) is 11.6 Å². The summed E-state index contributed by atoms with van der Waals surface area (Å²) >= 11 is 9.32. The molecule has 5 heteroatoms. The number of nitrogens with zero attached hydrogens (tertiary/aromatic N) is 2. The van der Waals surface area contributed by atoms with Crippen molar-refractivity contribution < 1.29 is 4.79 Å². The molecular formula is C14H18BrClN2O. The number of carbonyl (C=O) groups is 1. The van der Waals surface area contributed by atoms with E-state index >= 15 is 0 Å². The molecule has 0 aliphatic carbocycles. The van der Waals surface area contributed by atoms with Gasteiger partial charge < -0.3 is 4.90 Å². The van der Waals surface area contributed by atoms with Gasteiger partial charge in [-0.25, -0.2) is 0 Å². The third-order valence-electron chi connectivity index (χ3n) is 3.77. The first-order valence-corrected chi connectivity index (χ1v) is 7.44.